The average molecular weight is 306 g/mol. The molecule has 0 aliphatic rings. The Morgan fingerprint density at radius 1 is 1.17 bits per heavy atom. The summed E-state index contributed by atoms with van der Waals surface area (Å²) in [6.45, 7) is 0. The van der Waals surface area contributed by atoms with Crippen LogP contribution < -0.4 is 10.5 Å². The van der Waals surface area contributed by atoms with Gasteiger partial charge in [-0.15, -0.1) is 0 Å². The van der Waals surface area contributed by atoms with Crippen LogP contribution in [-0.2, 0) is 0 Å². The van der Waals surface area contributed by atoms with E-state index in [1.54, 1.807) is 49.6 Å². The number of methoxy groups -OCH3 is 1. The van der Waals surface area contributed by atoms with Crippen LogP contribution in [0.4, 0.5) is 5.69 Å². The summed E-state index contributed by atoms with van der Waals surface area (Å²) in [4.78, 5) is 12.3. The van der Waals surface area contributed by atoms with Crippen molar-refractivity contribution < 1.29 is 9.53 Å². The number of ether oxygens (including phenoxy) is 1. The average Bonchev–Trinajstić information content (AvgIpc) is 2.38. The highest BCUT2D eigenvalue weighted by Crippen LogP contribution is 2.26. The standard InChI is InChI=1S/C14H12BrNO2/c1-18-9-6-7-10(12(15)8-9)14(17)11-4-2-3-5-13(11)16/h2-8H,16H2,1H3. The van der Waals surface area contributed by atoms with Crippen LogP contribution in [0.2, 0.25) is 0 Å². The van der Waals surface area contributed by atoms with Gasteiger partial charge in [0.1, 0.15) is 5.75 Å². The van der Waals surface area contributed by atoms with Crippen LogP contribution in [0, 0.1) is 0 Å². The van der Waals surface area contributed by atoms with Crippen molar-refractivity contribution >= 4 is 27.4 Å². The third kappa shape index (κ3) is 2.38. The Labute approximate surface area is 114 Å². The summed E-state index contributed by atoms with van der Waals surface area (Å²) in [6.07, 6.45) is 0. The predicted molar refractivity (Wildman–Crippen MR) is 75.0 cm³/mol. The first-order chi connectivity index (χ1) is 8.63. The zero-order chi connectivity index (χ0) is 13.1. The van der Waals surface area contributed by atoms with Gasteiger partial charge in [0, 0.05) is 21.3 Å². The molecule has 4 heteroatoms. The molecule has 2 aromatic carbocycles. The van der Waals surface area contributed by atoms with Gasteiger partial charge in [-0.05, 0) is 46.3 Å². The van der Waals surface area contributed by atoms with Gasteiger partial charge in [0.2, 0.25) is 0 Å². The lowest BCUT2D eigenvalue weighted by molar-refractivity contribution is 0.103. The fourth-order valence-electron chi connectivity index (χ4n) is 1.66. The number of ketones is 1. The van der Waals surface area contributed by atoms with E-state index in [-0.39, 0.29) is 5.78 Å². The number of hydrogen-bond acceptors (Lipinski definition) is 3. The first kappa shape index (κ1) is 12.6. The van der Waals surface area contributed by atoms with Gasteiger partial charge >= 0.3 is 0 Å². The maximum absolute atomic E-state index is 12.3. The maximum Gasteiger partial charge on any atom is 0.196 e. The molecule has 0 aliphatic carbocycles. The summed E-state index contributed by atoms with van der Waals surface area (Å²) in [5, 5.41) is 0. The minimum Gasteiger partial charge on any atom is -0.497 e. The van der Waals surface area contributed by atoms with Gasteiger partial charge in [0.25, 0.3) is 0 Å². The zero-order valence-corrected chi connectivity index (χ0v) is 11.4. The van der Waals surface area contributed by atoms with Crippen molar-refractivity contribution in [3.63, 3.8) is 0 Å². The molecule has 2 aromatic rings. The lowest BCUT2D eigenvalue weighted by Crippen LogP contribution is -2.06. The molecule has 0 aromatic heterocycles. The summed E-state index contributed by atoms with van der Waals surface area (Å²) in [6, 6.07) is 12.2. The molecule has 0 unspecified atom stereocenters. The van der Waals surface area contributed by atoms with Gasteiger partial charge < -0.3 is 10.5 Å². The first-order valence-electron chi connectivity index (χ1n) is 5.36. The highest BCUT2D eigenvalue weighted by Gasteiger charge is 2.15. The van der Waals surface area contributed by atoms with Gasteiger partial charge in [-0.3, -0.25) is 4.79 Å². The monoisotopic (exact) mass is 305 g/mol. The van der Waals surface area contributed by atoms with E-state index in [4.69, 9.17) is 10.5 Å². The molecule has 3 nitrogen and oxygen atoms in total. The van der Waals surface area contributed by atoms with Gasteiger partial charge in [0.05, 0.1) is 7.11 Å². The fraction of sp³-hybridized carbons (Fsp3) is 0.0714. The number of para-hydroxylation sites is 1. The lowest BCUT2D eigenvalue weighted by Gasteiger charge is -2.08. The number of hydrogen-bond donors (Lipinski definition) is 1. The highest BCUT2D eigenvalue weighted by molar-refractivity contribution is 9.10. The molecule has 2 rings (SSSR count). The van der Waals surface area contributed by atoms with Crippen LogP contribution in [0.3, 0.4) is 0 Å². The predicted octanol–water partition coefficient (Wildman–Crippen LogP) is 3.27. The van der Waals surface area contributed by atoms with Crippen molar-refractivity contribution in [1.29, 1.82) is 0 Å². The molecule has 0 fully saturated rings. The molecular weight excluding hydrogens is 294 g/mol. The van der Waals surface area contributed by atoms with Crippen molar-refractivity contribution in [1.82, 2.24) is 0 Å². The number of halogens is 1. The minimum atomic E-state index is -0.109. The third-order valence-corrected chi connectivity index (χ3v) is 3.28. The Balaban J connectivity index is 2.44. The number of carbonyl (C=O) groups is 1. The number of carbonyl (C=O) groups excluding carboxylic acids is 1. The van der Waals surface area contributed by atoms with Crippen molar-refractivity contribution in [2.24, 2.45) is 0 Å². The van der Waals surface area contributed by atoms with Crippen molar-refractivity contribution in [2.45, 2.75) is 0 Å². The van der Waals surface area contributed by atoms with Crippen molar-refractivity contribution in [2.75, 3.05) is 12.8 Å². The molecule has 0 bridgehead atoms. The van der Waals surface area contributed by atoms with Crippen LogP contribution >= 0.6 is 15.9 Å². The molecule has 0 atom stereocenters. The second kappa shape index (κ2) is 5.23. The van der Waals surface area contributed by atoms with Crippen LogP contribution in [0.5, 0.6) is 5.75 Å². The van der Waals surface area contributed by atoms with Gasteiger partial charge in [-0.1, -0.05) is 12.1 Å². The number of nitrogens with two attached hydrogens (primary N) is 1. The summed E-state index contributed by atoms with van der Waals surface area (Å²) in [7, 11) is 1.58. The molecule has 0 saturated heterocycles. The SMILES string of the molecule is COc1ccc(C(=O)c2ccccc2N)c(Br)c1. The molecule has 0 spiro atoms. The fourth-order valence-corrected chi connectivity index (χ4v) is 2.19. The number of nitrogen functional groups attached to an aromatic ring is 1. The van der Waals surface area contributed by atoms with Crippen LogP contribution in [-0.4, -0.2) is 12.9 Å². The highest BCUT2D eigenvalue weighted by atomic mass is 79.9. The van der Waals surface area contributed by atoms with E-state index < -0.39 is 0 Å². The largest absolute Gasteiger partial charge is 0.497 e. The second-order valence-electron chi connectivity index (χ2n) is 3.76. The quantitative estimate of drug-likeness (QED) is 0.699. The summed E-state index contributed by atoms with van der Waals surface area (Å²) >= 11 is 3.37. The molecule has 0 aliphatic heterocycles. The zero-order valence-electron chi connectivity index (χ0n) is 9.81. The summed E-state index contributed by atoms with van der Waals surface area (Å²) in [5.41, 5.74) is 7.35. The Morgan fingerprint density at radius 2 is 1.89 bits per heavy atom. The molecule has 0 amide bonds. The normalized spacial score (nSPS) is 10.1. The number of benzene rings is 2. The molecule has 0 heterocycles. The van der Waals surface area contributed by atoms with E-state index in [9.17, 15) is 4.79 Å². The molecule has 2 N–H and O–H groups in total. The third-order valence-electron chi connectivity index (χ3n) is 2.63. The Hall–Kier alpha value is -1.81. The number of rotatable bonds is 3. The van der Waals surface area contributed by atoms with E-state index in [2.05, 4.69) is 15.9 Å². The van der Waals surface area contributed by atoms with E-state index in [0.29, 0.717) is 27.0 Å². The molecule has 0 radical (unpaired) electrons. The minimum absolute atomic E-state index is 0.109. The molecule has 18 heavy (non-hydrogen) atoms. The Morgan fingerprint density at radius 3 is 2.50 bits per heavy atom. The van der Waals surface area contributed by atoms with Gasteiger partial charge in [-0.25, -0.2) is 0 Å². The Bertz CT molecular complexity index is 596. The maximum atomic E-state index is 12.3. The van der Waals surface area contributed by atoms with E-state index >= 15 is 0 Å². The Kier molecular flexibility index (Phi) is 3.67. The topological polar surface area (TPSA) is 52.3 Å². The summed E-state index contributed by atoms with van der Waals surface area (Å²) in [5.74, 6) is 0.585. The second-order valence-corrected chi connectivity index (χ2v) is 4.62. The van der Waals surface area contributed by atoms with Gasteiger partial charge in [0.15, 0.2) is 5.78 Å². The number of anilines is 1. The van der Waals surface area contributed by atoms with Gasteiger partial charge in [-0.2, -0.15) is 0 Å². The van der Waals surface area contributed by atoms with Crippen LogP contribution in [0.25, 0.3) is 0 Å². The van der Waals surface area contributed by atoms with Crippen molar-refractivity contribution in [3.8, 4) is 5.75 Å². The lowest BCUT2D eigenvalue weighted by atomic mass is 10.0. The smallest absolute Gasteiger partial charge is 0.196 e. The summed E-state index contributed by atoms with van der Waals surface area (Å²) < 4.78 is 5.78. The van der Waals surface area contributed by atoms with E-state index in [1.165, 1.54) is 0 Å². The molecular formula is C14H12BrNO2. The van der Waals surface area contributed by atoms with Crippen LogP contribution in [0.1, 0.15) is 15.9 Å². The molecule has 92 valence electrons. The van der Waals surface area contributed by atoms with Crippen molar-refractivity contribution in [3.05, 3.63) is 58.1 Å². The van der Waals surface area contributed by atoms with Crippen LogP contribution in [0.15, 0.2) is 46.9 Å². The van der Waals surface area contributed by atoms with E-state index in [1.807, 2.05) is 0 Å². The molecule has 0 saturated carbocycles. The first-order valence-corrected chi connectivity index (χ1v) is 6.15. The van der Waals surface area contributed by atoms with E-state index in [0.717, 1.165) is 0 Å².